The zero-order valence-corrected chi connectivity index (χ0v) is 17.3. The molecule has 6 aromatic rings. The molecule has 0 saturated carbocycles. The van der Waals surface area contributed by atoms with E-state index in [1.165, 1.54) is 48.9 Å². The molecule has 1 aromatic heterocycles. The van der Waals surface area contributed by atoms with E-state index >= 15 is 0 Å². The zero-order valence-electron chi connectivity index (χ0n) is 17.3. The second-order valence-electron chi connectivity index (χ2n) is 7.56. The van der Waals surface area contributed by atoms with E-state index in [-0.39, 0.29) is 0 Å². The van der Waals surface area contributed by atoms with Crippen LogP contribution in [0.25, 0.3) is 55.6 Å². The first-order valence-electron chi connectivity index (χ1n) is 10.4. The maximum Gasteiger partial charge on any atom is 0.0534 e. The molecule has 148 valence electrons. The van der Waals surface area contributed by atoms with Crippen molar-refractivity contribution in [2.45, 2.75) is 0 Å². The van der Waals surface area contributed by atoms with Gasteiger partial charge in [-0.1, -0.05) is 98.1 Å². The topological polar surface area (TPSA) is 4.93 Å². The van der Waals surface area contributed by atoms with Gasteiger partial charge >= 0.3 is 0 Å². The van der Waals surface area contributed by atoms with Crippen molar-refractivity contribution in [2.24, 2.45) is 0 Å². The van der Waals surface area contributed by atoms with Gasteiger partial charge in [-0.05, 0) is 51.4 Å². The maximum atomic E-state index is 3.87. The number of hydrogen-bond donors (Lipinski definition) is 0. The van der Waals surface area contributed by atoms with Crippen molar-refractivity contribution < 1.29 is 0 Å². The Kier molecular flexibility index (Phi) is 4.86. The lowest BCUT2D eigenvalue weighted by atomic mass is 10.00. The molecule has 0 aliphatic carbocycles. The van der Waals surface area contributed by atoms with Crippen LogP contribution in [-0.4, -0.2) is 4.57 Å². The Morgan fingerprint density at radius 2 is 1.06 bits per heavy atom. The Bertz CT molecular complexity index is 1510. The van der Waals surface area contributed by atoms with Gasteiger partial charge in [0, 0.05) is 17.0 Å². The highest BCUT2D eigenvalue weighted by Crippen LogP contribution is 2.28. The molecule has 31 heavy (non-hydrogen) atoms. The Balaban J connectivity index is 0.000000132. The predicted molar refractivity (Wildman–Crippen MR) is 137 cm³/mol. The Hall–Kier alpha value is -4.10. The average molecular weight is 398 g/mol. The van der Waals surface area contributed by atoms with Crippen molar-refractivity contribution in [1.82, 2.24) is 4.57 Å². The molecule has 0 aliphatic rings. The summed E-state index contributed by atoms with van der Waals surface area (Å²) in [5.41, 5.74) is 3.63. The molecule has 0 aliphatic heterocycles. The van der Waals surface area contributed by atoms with Crippen LogP contribution in [0.2, 0.25) is 0 Å². The second-order valence-corrected chi connectivity index (χ2v) is 7.56. The molecule has 1 heterocycles. The van der Waals surface area contributed by atoms with Crippen molar-refractivity contribution in [2.75, 3.05) is 0 Å². The lowest BCUT2D eigenvalue weighted by molar-refractivity contribution is 1.30. The number of hydrogen-bond acceptors (Lipinski definition) is 0. The molecule has 0 atom stereocenters. The summed E-state index contributed by atoms with van der Waals surface area (Å²) in [6.07, 6.45) is 3.78. The Morgan fingerprint density at radius 3 is 1.68 bits per heavy atom. The first-order valence-corrected chi connectivity index (χ1v) is 10.4. The van der Waals surface area contributed by atoms with Crippen LogP contribution in [0.1, 0.15) is 5.56 Å². The van der Waals surface area contributed by atoms with Crippen molar-refractivity contribution in [3.8, 4) is 0 Å². The molecule has 0 amide bonds. The van der Waals surface area contributed by atoms with Gasteiger partial charge in [0.2, 0.25) is 0 Å². The van der Waals surface area contributed by atoms with Gasteiger partial charge in [0.1, 0.15) is 0 Å². The van der Waals surface area contributed by atoms with E-state index in [1.807, 2.05) is 12.3 Å². The molecule has 0 unspecified atom stereocenters. The third kappa shape index (κ3) is 3.31. The lowest BCUT2D eigenvalue weighted by Crippen LogP contribution is -1.82. The molecule has 0 bridgehead atoms. The molecule has 5 aromatic carbocycles. The van der Waals surface area contributed by atoms with Crippen LogP contribution < -0.4 is 0 Å². The normalized spacial score (nSPS) is 10.8. The van der Waals surface area contributed by atoms with Crippen molar-refractivity contribution in [1.29, 1.82) is 0 Å². The van der Waals surface area contributed by atoms with Crippen LogP contribution in [0.3, 0.4) is 0 Å². The summed E-state index contributed by atoms with van der Waals surface area (Å²) in [7, 11) is 0. The molecule has 0 spiro atoms. The Morgan fingerprint density at radius 1 is 0.516 bits per heavy atom. The highest BCUT2D eigenvalue weighted by molar-refractivity contribution is 6.09. The van der Waals surface area contributed by atoms with Gasteiger partial charge in [0.25, 0.3) is 0 Å². The fourth-order valence-corrected chi connectivity index (χ4v) is 4.32. The quantitative estimate of drug-likeness (QED) is 0.258. The Labute approximate surface area is 182 Å². The maximum absolute atomic E-state index is 3.87. The number of aromatic nitrogens is 1. The largest absolute Gasteiger partial charge is 0.317 e. The van der Waals surface area contributed by atoms with Crippen LogP contribution in [0.5, 0.6) is 0 Å². The van der Waals surface area contributed by atoms with E-state index in [4.69, 9.17) is 0 Å². The third-order valence-corrected chi connectivity index (χ3v) is 5.80. The summed E-state index contributed by atoms with van der Waals surface area (Å²) in [4.78, 5) is 0. The molecule has 0 saturated heterocycles. The van der Waals surface area contributed by atoms with Crippen molar-refractivity contribution in [3.63, 3.8) is 0 Å². The third-order valence-electron chi connectivity index (χ3n) is 5.80. The smallest absolute Gasteiger partial charge is 0.0534 e. The van der Waals surface area contributed by atoms with E-state index in [1.54, 1.807) is 0 Å². The summed E-state index contributed by atoms with van der Waals surface area (Å²) in [5.74, 6) is 0. The molecule has 1 heteroatoms. The van der Waals surface area contributed by atoms with Crippen LogP contribution >= 0.6 is 0 Å². The van der Waals surface area contributed by atoms with Gasteiger partial charge in [-0.2, -0.15) is 0 Å². The standard InChI is InChI=1S/C16H12.C14H11N/c1-2-12-8-5-9-15-10-13-6-3-4-7-14(13)11-16(12)15;1-2-15-13-9-5-3-7-11(13)12-8-4-6-10-14(12)15/h2-11H,1H2;2-10H,1H2. The summed E-state index contributed by atoms with van der Waals surface area (Å²) in [6.45, 7) is 7.73. The average Bonchev–Trinajstić information content (AvgIpc) is 3.16. The molecule has 1 nitrogen and oxygen atoms in total. The zero-order chi connectivity index (χ0) is 21.2. The van der Waals surface area contributed by atoms with E-state index in [0.717, 1.165) is 0 Å². The van der Waals surface area contributed by atoms with E-state index in [0.29, 0.717) is 0 Å². The molecular formula is C30H23N. The lowest BCUT2D eigenvalue weighted by Gasteiger charge is -2.04. The summed E-state index contributed by atoms with van der Waals surface area (Å²) in [6, 6.07) is 36.0. The number of nitrogens with zero attached hydrogens (tertiary/aromatic N) is 1. The fourth-order valence-electron chi connectivity index (χ4n) is 4.32. The number of para-hydroxylation sites is 2. The highest BCUT2D eigenvalue weighted by atomic mass is 14.9. The van der Waals surface area contributed by atoms with Gasteiger partial charge in [0.15, 0.2) is 0 Å². The minimum absolute atomic E-state index is 1.20. The monoisotopic (exact) mass is 397 g/mol. The number of fused-ring (bicyclic) bond motifs is 5. The van der Waals surface area contributed by atoms with Gasteiger partial charge in [-0.3, -0.25) is 0 Å². The van der Waals surface area contributed by atoms with E-state index < -0.39 is 0 Å². The van der Waals surface area contributed by atoms with E-state index in [2.05, 4.69) is 121 Å². The first kappa shape index (κ1) is 18.9. The fraction of sp³-hybridized carbons (Fsp3) is 0. The molecular weight excluding hydrogens is 374 g/mol. The molecule has 0 fully saturated rings. The molecule has 0 N–H and O–H groups in total. The highest BCUT2D eigenvalue weighted by Gasteiger charge is 2.06. The van der Waals surface area contributed by atoms with Gasteiger partial charge in [-0.25, -0.2) is 0 Å². The van der Waals surface area contributed by atoms with Crippen LogP contribution in [0.15, 0.2) is 116 Å². The van der Waals surface area contributed by atoms with Crippen LogP contribution in [0, 0.1) is 0 Å². The minimum Gasteiger partial charge on any atom is -0.317 e. The van der Waals surface area contributed by atoms with Crippen molar-refractivity contribution in [3.05, 3.63) is 122 Å². The first-order chi connectivity index (χ1) is 15.3. The van der Waals surface area contributed by atoms with Gasteiger partial charge in [0.05, 0.1) is 11.0 Å². The minimum atomic E-state index is 1.20. The van der Waals surface area contributed by atoms with Crippen molar-refractivity contribution >= 4 is 55.6 Å². The number of rotatable bonds is 2. The van der Waals surface area contributed by atoms with Crippen LogP contribution in [-0.2, 0) is 0 Å². The summed E-state index contributed by atoms with van der Waals surface area (Å²) in [5, 5.41) is 7.69. The predicted octanol–water partition coefficient (Wildman–Crippen LogP) is 8.53. The number of benzene rings is 5. The van der Waals surface area contributed by atoms with Crippen LogP contribution in [0.4, 0.5) is 0 Å². The second kappa shape index (κ2) is 7.97. The molecule has 6 rings (SSSR count). The SMILES string of the molecule is C=Cc1cccc2cc3ccccc3cc12.C=Cn1c2ccccc2c2ccccc21. The molecule has 0 radical (unpaired) electrons. The van der Waals surface area contributed by atoms with Gasteiger partial charge < -0.3 is 4.57 Å². The van der Waals surface area contributed by atoms with E-state index in [9.17, 15) is 0 Å². The van der Waals surface area contributed by atoms with Gasteiger partial charge in [-0.15, -0.1) is 0 Å². The summed E-state index contributed by atoms with van der Waals surface area (Å²) >= 11 is 0. The summed E-state index contributed by atoms with van der Waals surface area (Å²) < 4.78 is 2.13.